The molecule has 1 atom stereocenters. The number of hydrogen-bond donors (Lipinski definition) is 2. The van der Waals surface area contributed by atoms with Crippen LogP contribution in [0.5, 0.6) is 11.5 Å². The summed E-state index contributed by atoms with van der Waals surface area (Å²) < 4.78 is 62.8. The molecule has 1 amide bonds. The van der Waals surface area contributed by atoms with Gasteiger partial charge in [-0.25, -0.2) is 8.42 Å². The van der Waals surface area contributed by atoms with E-state index in [1.807, 2.05) is 13.2 Å². The Morgan fingerprint density at radius 3 is 2.47 bits per heavy atom. The number of nitrogens with one attached hydrogen (secondary N) is 2. The molecule has 2 N–H and O–H groups in total. The van der Waals surface area contributed by atoms with Gasteiger partial charge >= 0.3 is 6.29 Å². The number of halogens is 2. The van der Waals surface area contributed by atoms with Crippen molar-refractivity contribution in [2.45, 2.75) is 30.6 Å². The van der Waals surface area contributed by atoms with Crippen molar-refractivity contribution >= 4 is 33.4 Å². The molecule has 0 fully saturated rings. The number of fused-ring (bicyclic) bond motifs is 1. The highest BCUT2D eigenvalue weighted by molar-refractivity contribution is 7.98. The highest BCUT2D eigenvalue weighted by Crippen LogP contribution is 2.42. The summed E-state index contributed by atoms with van der Waals surface area (Å²) in [5.74, 6) is -0.469. The maximum Gasteiger partial charge on any atom is 0.586 e. The topological polar surface area (TPSA) is 93.7 Å². The molecule has 1 aliphatic heterocycles. The summed E-state index contributed by atoms with van der Waals surface area (Å²) in [6, 6.07) is 8.96. The Morgan fingerprint density at radius 2 is 1.80 bits per heavy atom. The second kappa shape index (κ2) is 8.78. The van der Waals surface area contributed by atoms with E-state index in [-0.39, 0.29) is 28.5 Å². The maximum atomic E-state index is 13.2. The minimum Gasteiger partial charge on any atom is -0.395 e. The largest absolute Gasteiger partial charge is 0.586 e. The summed E-state index contributed by atoms with van der Waals surface area (Å²) in [5.41, 5.74) is 1.07. The standard InChI is InChI=1S/C19H20F2N2O5S2/c1-12-3-6-14(7-4-12)30(25,26)23-15(9-10-29-2)18(24)22-13-5-8-16-17(11-13)28-19(20,21)27-16/h3-8,11,15,23H,9-10H2,1-2H3,(H,22,24). The van der Waals surface area contributed by atoms with Crippen molar-refractivity contribution in [2.75, 3.05) is 17.3 Å². The molecule has 0 saturated heterocycles. The molecule has 1 unspecified atom stereocenters. The lowest BCUT2D eigenvalue weighted by Crippen LogP contribution is -2.44. The van der Waals surface area contributed by atoms with Crippen LogP contribution in [0.1, 0.15) is 12.0 Å². The fraction of sp³-hybridized carbons (Fsp3) is 0.316. The van der Waals surface area contributed by atoms with Crippen LogP contribution in [0, 0.1) is 6.92 Å². The maximum absolute atomic E-state index is 13.2. The van der Waals surface area contributed by atoms with Crippen molar-refractivity contribution < 1.29 is 31.5 Å². The quantitative estimate of drug-likeness (QED) is 0.630. The van der Waals surface area contributed by atoms with E-state index in [1.54, 1.807) is 12.1 Å². The summed E-state index contributed by atoms with van der Waals surface area (Å²) in [4.78, 5) is 12.8. The number of carbonyl (C=O) groups excluding carboxylic acids is 1. The normalized spacial score (nSPS) is 15.6. The molecule has 0 spiro atoms. The molecule has 30 heavy (non-hydrogen) atoms. The lowest BCUT2D eigenvalue weighted by Gasteiger charge is -2.18. The molecule has 11 heteroatoms. The lowest BCUT2D eigenvalue weighted by molar-refractivity contribution is -0.286. The average molecular weight is 459 g/mol. The second-order valence-corrected chi connectivity index (χ2v) is 9.29. The number of rotatable bonds is 8. The van der Waals surface area contributed by atoms with Gasteiger partial charge in [0.1, 0.15) is 6.04 Å². The number of benzene rings is 2. The summed E-state index contributed by atoms with van der Waals surface area (Å²) in [7, 11) is -3.93. The molecule has 162 valence electrons. The molecule has 0 radical (unpaired) electrons. The van der Waals surface area contributed by atoms with Crippen molar-refractivity contribution in [3.63, 3.8) is 0 Å². The average Bonchev–Trinajstić information content (AvgIpc) is 2.98. The van der Waals surface area contributed by atoms with Gasteiger partial charge in [-0.1, -0.05) is 17.7 Å². The van der Waals surface area contributed by atoms with Gasteiger partial charge in [0.05, 0.1) is 4.90 Å². The third kappa shape index (κ3) is 5.41. The summed E-state index contributed by atoms with van der Waals surface area (Å²) in [6.45, 7) is 1.83. The molecule has 1 aliphatic rings. The molecule has 0 saturated carbocycles. The predicted molar refractivity (Wildman–Crippen MR) is 110 cm³/mol. The van der Waals surface area contributed by atoms with Crippen molar-refractivity contribution in [3.8, 4) is 11.5 Å². The summed E-state index contributed by atoms with van der Waals surface area (Å²) in [5, 5.41) is 2.54. The van der Waals surface area contributed by atoms with Crippen LogP contribution in [-0.2, 0) is 14.8 Å². The van der Waals surface area contributed by atoms with Crippen LogP contribution in [0.15, 0.2) is 47.4 Å². The molecule has 1 heterocycles. The molecule has 0 aromatic heterocycles. The van der Waals surface area contributed by atoms with Gasteiger partial charge in [0.2, 0.25) is 15.9 Å². The third-order valence-electron chi connectivity index (χ3n) is 4.22. The number of amides is 1. The highest BCUT2D eigenvalue weighted by atomic mass is 32.2. The molecule has 7 nitrogen and oxygen atoms in total. The minimum absolute atomic E-state index is 0.0420. The first-order valence-corrected chi connectivity index (χ1v) is 11.8. The van der Waals surface area contributed by atoms with Crippen LogP contribution < -0.4 is 19.5 Å². The van der Waals surface area contributed by atoms with Gasteiger partial charge in [0.25, 0.3) is 0 Å². The van der Waals surface area contributed by atoms with Crippen LogP contribution in [0.3, 0.4) is 0 Å². The van der Waals surface area contributed by atoms with Crippen molar-refractivity contribution in [2.24, 2.45) is 0 Å². The SMILES string of the molecule is CSCCC(NS(=O)(=O)c1ccc(C)cc1)C(=O)Nc1ccc2c(c1)OC(F)(F)O2. The highest BCUT2D eigenvalue weighted by Gasteiger charge is 2.43. The lowest BCUT2D eigenvalue weighted by atomic mass is 10.2. The van der Waals surface area contributed by atoms with Crippen LogP contribution in [0.25, 0.3) is 0 Å². The first-order chi connectivity index (χ1) is 14.1. The number of alkyl halides is 2. The summed E-state index contributed by atoms with van der Waals surface area (Å²) >= 11 is 1.46. The second-order valence-electron chi connectivity index (χ2n) is 6.59. The zero-order valence-corrected chi connectivity index (χ0v) is 17.8. The fourth-order valence-corrected chi connectivity index (χ4v) is 4.41. The van der Waals surface area contributed by atoms with Gasteiger partial charge in [0, 0.05) is 11.8 Å². The van der Waals surface area contributed by atoms with Gasteiger partial charge in [0.15, 0.2) is 11.5 Å². The van der Waals surface area contributed by atoms with E-state index in [2.05, 4.69) is 19.5 Å². The number of thioether (sulfide) groups is 1. The predicted octanol–water partition coefficient (Wildman–Crippen LogP) is 3.36. The fourth-order valence-electron chi connectivity index (χ4n) is 2.71. The van der Waals surface area contributed by atoms with E-state index in [0.29, 0.717) is 5.75 Å². The van der Waals surface area contributed by atoms with Crippen LogP contribution in [0.4, 0.5) is 14.5 Å². The van der Waals surface area contributed by atoms with E-state index in [0.717, 1.165) is 5.56 Å². The Balaban J connectivity index is 1.75. The van der Waals surface area contributed by atoms with E-state index in [1.165, 1.54) is 42.1 Å². The molecule has 3 rings (SSSR count). The number of aryl methyl sites for hydroxylation is 1. The molecular weight excluding hydrogens is 438 g/mol. The number of carbonyl (C=O) groups is 1. The van der Waals surface area contributed by atoms with Gasteiger partial charge in [-0.2, -0.15) is 16.5 Å². The molecular formula is C19H20F2N2O5S2. The zero-order chi connectivity index (χ0) is 21.9. The Labute approximate surface area is 177 Å². The third-order valence-corrected chi connectivity index (χ3v) is 6.36. The Kier molecular flexibility index (Phi) is 6.53. The van der Waals surface area contributed by atoms with Crippen LogP contribution >= 0.6 is 11.8 Å². The van der Waals surface area contributed by atoms with Gasteiger partial charge < -0.3 is 14.8 Å². The van der Waals surface area contributed by atoms with Gasteiger partial charge in [-0.05, 0) is 49.6 Å². The Hall–Kier alpha value is -2.37. The Bertz CT molecular complexity index is 1030. The van der Waals surface area contributed by atoms with E-state index < -0.39 is 28.3 Å². The molecule has 0 aliphatic carbocycles. The Morgan fingerprint density at radius 1 is 1.13 bits per heavy atom. The number of sulfonamides is 1. The number of hydrogen-bond acceptors (Lipinski definition) is 6. The van der Waals surface area contributed by atoms with Crippen molar-refractivity contribution in [1.29, 1.82) is 0 Å². The first-order valence-electron chi connectivity index (χ1n) is 8.88. The smallest absolute Gasteiger partial charge is 0.395 e. The van der Waals surface area contributed by atoms with Crippen molar-refractivity contribution in [3.05, 3.63) is 48.0 Å². The van der Waals surface area contributed by atoms with Crippen molar-refractivity contribution in [1.82, 2.24) is 4.72 Å². The van der Waals surface area contributed by atoms with E-state index >= 15 is 0 Å². The van der Waals surface area contributed by atoms with Gasteiger partial charge in [-0.3, -0.25) is 4.79 Å². The van der Waals surface area contributed by atoms with Gasteiger partial charge in [-0.15, -0.1) is 8.78 Å². The molecule has 2 aromatic rings. The summed E-state index contributed by atoms with van der Waals surface area (Å²) in [6.07, 6.45) is -1.70. The zero-order valence-electron chi connectivity index (χ0n) is 16.1. The van der Waals surface area contributed by atoms with Crippen LogP contribution in [-0.4, -0.2) is 38.7 Å². The minimum atomic E-state index is -3.93. The van der Waals surface area contributed by atoms with E-state index in [4.69, 9.17) is 0 Å². The molecule has 2 aromatic carbocycles. The monoisotopic (exact) mass is 458 g/mol. The van der Waals surface area contributed by atoms with E-state index in [9.17, 15) is 22.0 Å². The number of ether oxygens (including phenoxy) is 2. The van der Waals surface area contributed by atoms with Crippen LogP contribution in [0.2, 0.25) is 0 Å². The number of anilines is 1. The first kappa shape index (κ1) is 22.3. The molecule has 0 bridgehead atoms.